The molecular formula is C16H23NO. The zero-order chi connectivity index (χ0) is 12.4. The van der Waals surface area contributed by atoms with Crippen molar-refractivity contribution in [1.29, 1.82) is 0 Å². The average Bonchev–Trinajstić information content (AvgIpc) is 2.42. The zero-order valence-corrected chi connectivity index (χ0v) is 11.0. The average molecular weight is 245 g/mol. The molecule has 3 rings (SSSR count). The van der Waals surface area contributed by atoms with Crippen molar-refractivity contribution < 1.29 is 5.11 Å². The maximum atomic E-state index is 9.91. The van der Waals surface area contributed by atoms with E-state index >= 15 is 0 Å². The summed E-state index contributed by atoms with van der Waals surface area (Å²) in [5.74, 6) is 1.37. The predicted octanol–water partition coefficient (Wildman–Crippen LogP) is 3.55. The molecule has 1 aliphatic carbocycles. The number of hydrogen-bond donors (Lipinski definition) is 1. The minimum Gasteiger partial charge on any atom is -0.508 e. The van der Waals surface area contributed by atoms with Gasteiger partial charge in [0.25, 0.3) is 0 Å². The first-order chi connectivity index (χ1) is 8.84. The first-order valence-electron chi connectivity index (χ1n) is 7.35. The number of aromatic hydroxyl groups is 1. The summed E-state index contributed by atoms with van der Waals surface area (Å²) >= 11 is 0. The summed E-state index contributed by atoms with van der Waals surface area (Å²) in [5, 5.41) is 9.91. The van der Waals surface area contributed by atoms with Gasteiger partial charge in [-0.25, -0.2) is 0 Å². The van der Waals surface area contributed by atoms with Crippen molar-refractivity contribution >= 4 is 0 Å². The van der Waals surface area contributed by atoms with E-state index in [1.807, 2.05) is 12.1 Å². The molecular weight excluding hydrogens is 222 g/mol. The number of rotatable bonds is 2. The molecule has 1 saturated carbocycles. The van der Waals surface area contributed by atoms with Crippen LogP contribution in [0.2, 0.25) is 0 Å². The summed E-state index contributed by atoms with van der Waals surface area (Å²) in [5.41, 5.74) is 1.09. The van der Waals surface area contributed by atoms with Crippen molar-refractivity contribution in [2.24, 2.45) is 5.92 Å². The highest BCUT2D eigenvalue weighted by molar-refractivity contribution is 5.31. The molecule has 1 saturated heterocycles. The van der Waals surface area contributed by atoms with E-state index in [1.54, 1.807) is 6.07 Å². The molecule has 2 heteroatoms. The van der Waals surface area contributed by atoms with Gasteiger partial charge in [0.1, 0.15) is 5.75 Å². The maximum absolute atomic E-state index is 9.91. The van der Waals surface area contributed by atoms with Crippen molar-refractivity contribution in [2.75, 3.05) is 6.54 Å². The first kappa shape index (κ1) is 12.0. The molecule has 0 radical (unpaired) electrons. The third-order valence-corrected chi connectivity index (χ3v) is 4.72. The lowest BCUT2D eigenvalue weighted by atomic mass is 9.78. The van der Waals surface area contributed by atoms with Gasteiger partial charge in [-0.2, -0.15) is 0 Å². The van der Waals surface area contributed by atoms with Crippen LogP contribution >= 0.6 is 0 Å². The molecule has 0 aromatic heterocycles. The van der Waals surface area contributed by atoms with Gasteiger partial charge >= 0.3 is 0 Å². The van der Waals surface area contributed by atoms with Gasteiger partial charge in [0.05, 0.1) is 0 Å². The number of fused-ring (bicyclic) bond motifs is 1. The van der Waals surface area contributed by atoms with Crippen molar-refractivity contribution in [2.45, 2.75) is 51.1 Å². The highest BCUT2D eigenvalue weighted by Crippen LogP contribution is 2.36. The maximum Gasteiger partial charge on any atom is 0.120 e. The summed E-state index contributed by atoms with van der Waals surface area (Å²) in [7, 11) is 0. The molecule has 1 N–H and O–H groups in total. The molecule has 0 bridgehead atoms. The number of phenolic OH excluding ortho intramolecular Hbond substituents is 1. The highest BCUT2D eigenvalue weighted by atomic mass is 16.3. The van der Waals surface area contributed by atoms with Crippen LogP contribution in [0, 0.1) is 5.92 Å². The van der Waals surface area contributed by atoms with Gasteiger partial charge in [-0.3, -0.25) is 4.90 Å². The number of para-hydroxylation sites is 1. The van der Waals surface area contributed by atoms with Gasteiger partial charge in [-0.1, -0.05) is 31.0 Å². The molecule has 2 fully saturated rings. The van der Waals surface area contributed by atoms with Crippen molar-refractivity contribution in [3.8, 4) is 5.75 Å². The van der Waals surface area contributed by atoms with E-state index in [1.165, 1.54) is 45.1 Å². The number of nitrogens with zero attached hydrogens (tertiary/aromatic N) is 1. The Bertz CT molecular complexity index is 402. The van der Waals surface area contributed by atoms with E-state index in [0.717, 1.165) is 24.1 Å². The summed E-state index contributed by atoms with van der Waals surface area (Å²) < 4.78 is 0. The van der Waals surface area contributed by atoms with Gasteiger partial charge in [0.15, 0.2) is 0 Å². The van der Waals surface area contributed by atoms with Crippen molar-refractivity contribution in [1.82, 2.24) is 4.90 Å². The molecule has 0 spiro atoms. The molecule has 2 aliphatic rings. The molecule has 2 atom stereocenters. The van der Waals surface area contributed by atoms with Crippen LogP contribution in [0.5, 0.6) is 5.75 Å². The second kappa shape index (κ2) is 5.31. The van der Waals surface area contributed by atoms with Gasteiger partial charge in [0, 0.05) is 18.2 Å². The normalized spacial score (nSPS) is 28.9. The van der Waals surface area contributed by atoms with E-state index < -0.39 is 0 Å². The fraction of sp³-hybridized carbons (Fsp3) is 0.625. The third kappa shape index (κ3) is 2.39. The minimum atomic E-state index is 0.454. The topological polar surface area (TPSA) is 23.5 Å². The number of phenols is 1. The predicted molar refractivity (Wildman–Crippen MR) is 73.5 cm³/mol. The fourth-order valence-corrected chi connectivity index (χ4v) is 3.79. The van der Waals surface area contributed by atoms with Crippen LogP contribution in [0.4, 0.5) is 0 Å². The van der Waals surface area contributed by atoms with Crippen LogP contribution in [-0.4, -0.2) is 22.6 Å². The Morgan fingerprint density at radius 1 is 1.06 bits per heavy atom. The number of benzene rings is 1. The van der Waals surface area contributed by atoms with Crippen LogP contribution < -0.4 is 0 Å². The molecule has 1 aromatic carbocycles. The Balaban J connectivity index is 1.73. The summed E-state index contributed by atoms with van der Waals surface area (Å²) in [6, 6.07) is 8.56. The van der Waals surface area contributed by atoms with Crippen molar-refractivity contribution in [3.63, 3.8) is 0 Å². The zero-order valence-electron chi connectivity index (χ0n) is 11.0. The monoisotopic (exact) mass is 245 g/mol. The van der Waals surface area contributed by atoms with Crippen LogP contribution in [0.1, 0.15) is 44.1 Å². The third-order valence-electron chi connectivity index (χ3n) is 4.72. The fourth-order valence-electron chi connectivity index (χ4n) is 3.79. The Hall–Kier alpha value is -1.02. The van der Waals surface area contributed by atoms with Crippen LogP contribution in [0.25, 0.3) is 0 Å². The van der Waals surface area contributed by atoms with Crippen molar-refractivity contribution in [3.05, 3.63) is 29.8 Å². The van der Waals surface area contributed by atoms with Crippen LogP contribution in [0.15, 0.2) is 24.3 Å². The molecule has 1 heterocycles. The second-order valence-corrected chi connectivity index (χ2v) is 5.85. The van der Waals surface area contributed by atoms with Crippen LogP contribution in [-0.2, 0) is 6.54 Å². The van der Waals surface area contributed by atoms with E-state index in [-0.39, 0.29) is 0 Å². The lowest BCUT2D eigenvalue weighted by molar-refractivity contribution is 0.0541. The Labute approximate surface area is 110 Å². The van der Waals surface area contributed by atoms with E-state index in [0.29, 0.717) is 5.75 Å². The van der Waals surface area contributed by atoms with E-state index in [4.69, 9.17) is 0 Å². The molecule has 98 valence electrons. The molecule has 0 unspecified atom stereocenters. The lowest BCUT2D eigenvalue weighted by Crippen LogP contribution is -2.46. The number of piperidine rings is 1. The minimum absolute atomic E-state index is 0.454. The lowest BCUT2D eigenvalue weighted by Gasteiger charge is -2.44. The molecule has 18 heavy (non-hydrogen) atoms. The van der Waals surface area contributed by atoms with Gasteiger partial charge < -0.3 is 5.11 Å². The SMILES string of the molecule is Oc1ccccc1CN1CCC[C@H]2CCCC[C@H]21. The van der Waals surface area contributed by atoms with E-state index in [9.17, 15) is 5.11 Å². The first-order valence-corrected chi connectivity index (χ1v) is 7.35. The Morgan fingerprint density at radius 3 is 2.72 bits per heavy atom. The highest BCUT2D eigenvalue weighted by Gasteiger charge is 2.33. The largest absolute Gasteiger partial charge is 0.508 e. The summed E-state index contributed by atoms with van der Waals surface area (Å²) in [6.45, 7) is 2.13. The standard InChI is InChI=1S/C16H23NO/c18-16-10-4-2-7-14(16)12-17-11-5-8-13-6-1-3-9-15(13)17/h2,4,7,10,13,15,18H,1,3,5-6,8-9,11-12H2/t13-,15-/m1/s1. The number of likely N-dealkylation sites (tertiary alicyclic amines) is 1. The van der Waals surface area contributed by atoms with Crippen LogP contribution in [0.3, 0.4) is 0 Å². The second-order valence-electron chi connectivity index (χ2n) is 5.85. The van der Waals surface area contributed by atoms with Gasteiger partial charge in [-0.15, -0.1) is 0 Å². The molecule has 0 amide bonds. The number of hydrogen-bond acceptors (Lipinski definition) is 2. The Kier molecular flexibility index (Phi) is 3.55. The molecule has 1 aromatic rings. The van der Waals surface area contributed by atoms with Gasteiger partial charge in [0.2, 0.25) is 0 Å². The Morgan fingerprint density at radius 2 is 1.83 bits per heavy atom. The van der Waals surface area contributed by atoms with Gasteiger partial charge in [-0.05, 0) is 44.2 Å². The molecule has 1 aliphatic heterocycles. The smallest absolute Gasteiger partial charge is 0.120 e. The summed E-state index contributed by atoms with van der Waals surface area (Å²) in [6.07, 6.45) is 8.33. The summed E-state index contributed by atoms with van der Waals surface area (Å²) in [4.78, 5) is 2.61. The molecule has 2 nitrogen and oxygen atoms in total. The quantitative estimate of drug-likeness (QED) is 0.861. The van der Waals surface area contributed by atoms with E-state index in [2.05, 4.69) is 11.0 Å².